The van der Waals surface area contributed by atoms with Crippen LogP contribution in [0, 0.1) is 0 Å². The van der Waals surface area contributed by atoms with Gasteiger partial charge in [-0.1, -0.05) is 0 Å². The molecule has 1 amide bonds. The molecule has 0 spiro atoms. The van der Waals surface area contributed by atoms with Gasteiger partial charge in [-0.2, -0.15) is 0 Å². The highest BCUT2D eigenvalue weighted by Crippen LogP contribution is 2.09. The number of aromatic nitrogens is 2. The quantitative estimate of drug-likeness (QED) is 0.666. The predicted octanol–water partition coefficient (Wildman–Crippen LogP) is 0.337. The van der Waals surface area contributed by atoms with Crippen LogP contribution in [0.3, 0.4) is 0 Å². The van der Waals surface area contributed by atoms with Crippen molar-refractivity contribution in [2.45, 2.75) is 13.0 Å². The largest absolute Gasteiger partial charge is 0.377 e. The standard InChI is InChI=1S/C10H13N3O2/c1-8-7-15-5-4-13(8)10(14)9-6-11-2-3-12-9/h2-3,6,8H,4-5,7H2,1H3/t8-/m0/s1. The maximum absolute atomic E-state index is 12.0. The van der Waals surface area contributed by atoms with E-state index < -0.39 is 0 Å². The summed E-state index contributed by atoms with van der Waals surface area (Å²) >= 11 is 0. The first kappa shape index (κ1) is 10.0. The number of rotatable bonds is 1. The molecule has 0 N–H and O–H groups in total. The summed E-state index contributed by atoms with van der Waals surface area (Å²) in [6.07, 6.45) is 4.57. The van der Waals surface area contributed by atoms with Crippen LogP contribution in [0.4, 0.5) is 0 Å². The van der Waals surface area contributed by atoms with Gasteiger partial charge in [-0.25, -0.2) is 4.98 Å². The minimum Gasteiger partial charge on any atom is -0.377 e. The Morgan fingerprint density at radius 2 is 2.47 bits per heavy atom. The number of carbonyl (C=O) groups excluding carboxylic acids is 1. The van der Waals surface area contributed by atoms with E-state index in [9.17, 15) is 4.79 Å². The van der Waals surface area contributed by atoms with E-state index in [1.807, 2.05) is 6.92 Å². The topological polar surface area (TPSA) is 55.3 Å². The normalized spacial score (nSPS) is 21.4. The number of amides is 1. The van der Waals surface area contributed by atoms with Crippen LogP contribution in [-0.4, -0.2) is 46.6 Å². The van der Waals surface area contributed by atoms with Gasteiger partial charge in [-0.05, 0) is 6.92 Å². The van der Waals surface area contributed by atoms with Crippen molar-refractivity contribution in [1.29, 1.82) is 0 Å². The van der Waals surface area contributed by atoms with E-state index >= 15 is 0 Å². The molecule has 2 heterocycles. The molecular formula is C10H13N3O2. The van der Waals surface area contributed by atoms with Crippen molar-refractivity contribution in [3.05, 3.63) is 24.3 Å². The third kappa shape index (κ3) is 2.12. The molecule has 5 nitrogen and oxygen atoms in total. The maximum atomic E-state index is 12.0. The Balaban J connectivity index is 2.13. The number of nitrogens with zero attached hydrogens (tertiary/aromatic N) is 3. The van der Waals surface area contributed by atoms with Gasteiger partial charge in [0.05, 0.1) is 25.5 Å². The molecule has 2 rings (SSSR count). The van der Waals surface area contributed by atoms with Crippen molar-refractivity contribution < 1.29 is 9.53 Å². The highest BCUT2D eigenvalue weighted by atomic mass is 16.5. The minimum atomic E-state index is -0.0705. The molecule has 0 saturated carbocycles. The summed E-state index contributed by atoms with van der Waals surface area (Å²) in [6, 6.07) is 0.105. The second-order valence-corrected chi connectivity index (χ2v) is 3.51. The Hall–Kier alpha value is -1.49. The van der Waals surface area contributed by atoms with Gasteiger partial charge in [-0.15, -0.1) is 0 Å². The zero-order valence-corrected chi connectivity index (χ0v) is 8.59. The lowest BCUT2D eigenvalue weighted by molar-refractivity contribution is 0.00324. The molecule has 15 heavy (non-hydrogen) atoms. The van der Waals surface area contributed by atoms with Gasteiger partial charge in [-0.3, -0.25) is 9.78 Å². The van der Waals surface area contributed by atoms with E-state index in [0.717, 1.165) is 0 Å². The van der Waals surface area contributed by atoms with Gasteiger partial charge in [0.25, 0.3) is 5.91 Å². The lowest BCUT2D eigenvalue weighted by Gasteiger charge is -2.32. The van der Waals surface area contributed by atoms with E-state index in [2.05, 4.69) is 9.97 Å². The van der Waals surface area contributed by atoms with Crippen molar-refractivity contribution in [1.82, 2.24) is 14.9 Å². The number of carbonyl (C=O) groups is 1. The van der Waals surface area contributed by atoms with E-state index in [1.54, 1.807) is 11.1 Å². The molecule has 80 valence electrons. The molecule has 1 atom stereocenters. The molecule has 0 aromatic carbocycles. The van der Waals surface area contributed by atoms with Crippen molar-refractivity contribution in [2.75, 3.05) is 19.8 Å². The number of hydrogen-bond donors (Lipinski definition) is 0. The summed E-state index contributed by atoms with van der Waals surface area (Å²) in [7, 11) is 0. The van der Waals surface area contributed by atoms with Crippen LogP contribution in [0.2, 0.25) is 0 Å². The van der Waals surface area contributed by atoms with Gasteiger partial charge in [0, 0.05) is 18.9 Å². The number of hydrogen-bond acceptors (Lipinski definition) is 4. The van der Waals surface area contributed by atoms with E-state index in [0.29, 0.717) is 25.5 Å². The number of ether oxygens (including phenoxy) is 1. The fourth-order valence-corrected chi connectivity index (χ4v) is 1.59. The minimum absolute atomic E-state index is 0.0705. The second kappa shape index (κ2) is 4.35. The van der Waals surface area contributed by atoms with E-state index in [-0.39, 0.29) is 11.9 Å². The van der Waals surface area contributed by atoms with Crippen molar-refractivity contribution in [3.63, 3.8) is 0 Å². The van der Waals surface area contributed by atoms with Gasteiger partial charge < -0.3 is 9.64 Å². The van der Waals surface area contributed by atoms with Crippen molar-refractivity contribution in [2.24, 2.45) is 0 Å². The molecule has 0 aliphatic carbocycles. The van der Waals surface area contributed by atoms with Gasteiger partial charge >= 0.3 is 0 Å². The lowest BCUT2D eigenvalue weighted by atomic mass is 10.2. The van der Waals surface area contributed by atoms with Gasteiger partial charge in [0.15, 0.2) is 0 Å². The monoisotopic (exact) mass is 207 g/mol. The molecule has 5 heteroatoms. The Labute approximate surface area is 88.1 Å². The second-order valence-electron chi connectivity index (χ2n) is 3.51. The molecule has 1 saturated heterocycles. The SMILES string of the molecule is C[C@H]1COCCN1C(=O)c1cnccn1. The Bertz CT molecular complexity index is 342. The zero-order chi connectivity index (χ0) is 10.7. The first-order chi connectivity index (χ1) is 7.29. The molecule has 0 radical (unpaired) electrons. The van der Waals surface area contributed by atoms with Crippen molar-refractivity contribution >= 4 is 5.91 Å². The van der Waals surface area contributed by atoms with Crippen LogP contribution in [0.5, 0.6) is 0 Å². The zero-order valence-electron chi connectivity index (χ0n) is 8.59. The van der Waals surface area contributed by atoms with Crippen LogP contribution in [-0.2, 0) is 4.74 Å². The molecule has 1 aliphatic heterocycles. The fraction of sp³-hybridized carbons (Fsp3) is 0.500. The highest BCUT2D eigenvalue weighted by molar-refractivity contribution is 5.92. The predicted molar refractivity (Wildman–Crippen MR) is 53.3 cm³/mol. The summed E-state index contributed by atoms with van der Waals surface area (Å²) in [5, 5.41) is 0. The molecule has 1 aromatic heterocycles. The third-order valence-electron chi connectivity index (χ3n) is 2.41. The summed E-state index contributed by atoms with van der Waals surface area (Å²) in [4.78, 5) is 21.6. The van der Waals surface area contributed by atoms with E-state index in [1.165, 1.54) is 12.4 Å². The summed E-state index contributed by atoms with van der Waals surface area (Å²) in [6.45, 7) is 3.77. The first-order valence-corrected chi connectivity index (χ1v) is 4.94. The van der Waals surface area contributed by atoms with Crippen LogP contribution in [0.25, 0.3) is 0 Å². The maximum Gasteiger partial charge on any atom is 0.274 e. The summed E-state index contributed by atoms with van der Waals surface area (Å²) in [5.41, 5.74) is 0.395. The van der Waals surface area contributed by atoms with E-state index in [4.69, 9.17) is 4.74 Å². The smallest absolute Gasteiger partial charge is 0.274 e. The summed E-state index contributed by atoms with van der Waals surface area (Å²) < 4.78 is 5.27. The Kier molecular flexibility index (Phi) is 2.91. The molecule has 1 aromatic rings. The average Bonchev–Trinajstić information content (AvgIpc) is 2.30. The average molecular weight is 207 g/mol. The first-order valence-electron chi connectivity index (χ1n) is 4.94. The van der Waals surface area contributed by atoms with Crippen LogP contribution < -0.4 is 0 Å². The molecular weight excluding hydrogens is 194 g/mol. The Morgan fingerprint density at radius 3 is 3.13 bits per heavy atom. The van der Waals surface area contributed by atoms with Crippen LogP contribution >= 0.6 is 0 Å². The van der Waals surface area contributed by atoms with Crippen molar-refractivity contribution in [3.8, 4) is 0 Å². The lowest BCUT2D eigenvalue weighted by Crippen LogP contribution is -2.47. The summed E-state index contributed by atoms with van der Waals surface area (Å²) in [5.74, 6) is -0.0705. The highest BCUT2D eigenvalue weighted by Gasteiger charge is 2.25. The molecule has 0 bridgehead atoms. The van der Waals surface area contributed by atoms with Crippen LogP contribution in [0.15, 0.2) is 18.6 Å². The molecule has 1 fully saturated rings. The Morgan fingerprint density at radius 1 is 1.60 bits per heavy atom. The third-order valence-corrected chi connectivity index (χ3v) is 2.41. The molecule has 0 unspecified atom stereocenters. The van der Waals surface area contributed by atoms with Crippen LogP contribution in [0.1, 0.15) is 17.4 Å². The molecule has 1 aliphatic rings. The number of morpholine rings is 1. The van der Waals surface area contributed by atoms with Gasteiger partial charge in [0.1, 0.15) is 5.69 Å². The fourth-order valence-electron chi connectivity index (χ4n) is 1.59. The van der Waals surface area contributed by atoms with Gasteiger partial charge in [0.2, 0.25) is 0 Å².